The average Bonchev–Trinajstić information content (AvgIpc) is 2.73. The summed E-state index contributed by atoms with van der Waals surface area (Å²) in [5.41, 5.74) is 1.51. The summed E-state index contributed by atoms with van der Waals surface area (Å²) < 4.78 is 11.3. The van der Waals surface area contributed by atoms with Gasteiger partial charge in [-0.25, -0.2) is 0 Å². The average molecular weight is 416 g/mol. The van der Waals surface area contributed by atoms with Gasteiger partial charge in [0.05, 0.1) is 0 Å². The summed E-state index contributed by atoms with van der Waals surface area (Å²) in [7, 11) is 0. The Kier molecular flexibility index (Phi) is 6.93. The fourth-order valence-corrected chi connectivity index (χ4v) is 3.71. The minimum atomic E-state index is -0.681. The zero-order chi connectivity index (χ0) is 20.9. The molecule has 2 aromatic rings. The Bertz CT molecular complexity index is 859. The molecule has 1 heterocycles. The van der Waals surface area contributed by atoms with E-state index in [1.165, 1.54) is 6.92 Å². The fraction of sp³-hybridized carbons (Fsp3) is 0.391. The summed E-state index contributed by atoms with van der Waals surface area (Å²) in [5.74, 6) is 0.258. The van der Waals surface area contributed by atoms with Crippen molar-refractivity contribution in [1.29, 1.82) is 0 Å². The maximum absolute atomic E-state index is 12.7. The lowest BCUT2D eigenvalue weighted by atomic mass is 9.74. The maximum atomic E-state index is 12.7. The van der Waals surface area contributed by atoms with E-state index in [1.54, 1.807) is 31.2 Å². The number of nitrogens with one attached hydrogen (secondary N) is 1. The normalized spacial score (nSPS) is 16.7. The second-order valence-corrected chi connectivity index (χ2v) is 7.90. The molecule has 1 fully saturated rings. The maximum Gasteiger partial charge on any atom is 0.260 e. The van der Waals surface area contributed by atoms with Crippen LogP contribution in [0.3, 0.4) is 0 Å². The summed E-state index contributed by atoms with van der Waals surface area (Å²) in [6, 6.07) is 14.7. The lowest BCUT2D eigenvalue weighted by Crippen LogP contribution is -2.47. The fourth-order valence-electron chi connectivity index (χ4n) is 3.58. The van der Waals surface area contributed by atoms with Crippen molar-refractivity contribution in [2.24, 2.45) is 0 Å². The van der Waals surface area contributed by atoms with Gasteiger partial charge < -0.3 is 14.8 Å². The van der Waals surface area contributed by atoms with E-state index in [1.807, 2.05) is 24.3 Å². The van der Waals surface area contributed by atoms with Crippen molar-refractivity contribution in [1.82, 2.24) is 5.32 Å². The number of amides is 1. The highest BCUT2D eigenvalue weighted by Gasteiger charge is 2.35. The highest BCUT2D eigenvalue weighted by Crippen LogP contribution is 2.35. The van der Waals surface area contributed by atoms with Crippen molar-refractivity contribution in [3.63, 3.8) is 0 Å². The van der Waals surface area contributed by atoms with Crippen LogP contribution in [0.4, 0.5) is 0 Å². The number of ketones is 1. The predicted molar refractivity (Wildman–Crippen MR) is 113 cm³/mol. The van der Waals surface area contributed by atoms with Crippen LogP contribution < -0.4 is 10.1 Å². The van der Waals surface area contributed by atoms with Crippen LogP contribution in [0, 0.1) is 0 Å². The zero-order valence-corrected chi connectivity index (χ0v) is 17.5. The Balaban J connectivity index is 1.66. The molecular formula is C23H26ClNO4. The molecule has 29 heavy (non-hydrogen) atoms. The SMILES string of the molecule is CC(=O)c1cccc(OC(C)C(=O)NCC2(c3ccc(Cl)cc3)CCOCC2)c1. The van der Waals surface area contributed by atoms with Gasteiger partial charge >= 0.3 is 0 Å². The number of hydrogen-bond donors (Lipinski definition) is 1. The molecule has 0 spiro atoms. The van der Waals surface area contributed by atoms with Gasteiger partial charge in [0.1, 0.15) is 5.75 Å². The molecule has 1 atom stereocenters. The van der Waals surface area contributed by atoms with E-state index >= 15 is 0 Å². The van der Waals surface area contributed by atoms with E-state index in [2.05, 4.69) is 5.32 Å². The first-order valence-corrected chi connectivity index (χ1v) is 10.2. The van der Waals surface area contributed by atoms with Gasteiger partial charge in [-0.05, 0) is 56.5 Å². The van der Waals surface area contributed by atoms with Crippen molar-refractivity contribution in [2.45, 2.75) is 38.2 Å². The van der Waals surface area contributed by atoms with Crippen LogP contribution in [-0.4, -0.2) is 37.6 Å². The van der Waals surface area contributed by atoms with E-state index in [4.69, 9.17) is 21.1 Å². The molecular weight excluding hydrogens is 390 g/mol. The summed E-state index contributed by atoms with van der Waals surface area (Å²) in [5, 5.41) is 3.73. The Morgan fingerprint density at radius 2 is 1.86 bits per heavy atom. The Labute approximate surface area is 176 Å². The van der Waals surface area contributed by atoms with Crippen LogP contribution >= 0.6 is 11.6 Å². The van der Waals surface area contributed by atoms with Gasteiger partial charge in [-0.3, -0.25) is 9.59 Å². The Morgan fingerprint density at radius 3 is 2.52 bits per heavy atom. The Morgan fingerprint density at radius 1 is 1.17 bits per heavy atom. The lowest BCUT2D eigenvalue weighted by Gasteiger charge is -2.38. The summed E-state index contributed by atoms with van der Waals surface area (Å²) in [6.45, 7) is 5.01. The van der Waals surface area contributed by atoms with E-state index in [-0.39, 0.29) is 17.1 Å². The van der Waals surface area contributed by atoms with Crippen molar-refractivity contribution in [2.75, 3.05) is 19.8 Å². The van der Waals surface area contributed by atoms with Crippen LogP contribution in [0.25, 0.3) is 0 Å². The van der Waals surface area contributed by atoms with Crippen LogP contribution in [-0.2, 0) is 14.9 Å². The zero-order valence-electron chi connectivity index (χ0n) is 16.7. The summed E-state index contributed by atoms with van der Waals surface area (Å²) >= 11 is 6.04. The molecule has 0 saturated carbocycles. The minimum absolute atomic E-state index is 0.0445. The number of carbonyl (C=O) groups is 2. The first-order chi connectivity index (χ1) is 13.9. The molecule has 1 saturated heterocycles. The summed E-state index contributed by atoms with van der Waals surface area (Å²) in [6.07, 6.45) is 0.967. The molecule has 3 rings (SSSR count). The number of hydrogen-bond acceptors (Lipinski definition) is 4. The number of ether oxygens (including phenoxy) is 2. The molecule has 0 aromatic heterocycles. The highest BCUT2D eigenvalue weighted by atomic mass is 35.5. The number of benzene rings is 2. The molecule has 1 N–H and O–H groups in total. The molecule has 1 aliphatic heterocycles. The van der Waals surface area contributed by atoms with Crippen molar-refractivity contribution < 1.29 is 19.1 Å². The third-order valence-electron chi connectivity index (χ3n) is 5.43. The second-order valence-electron chi connectivity index (χ2n) is 7.46. The van der Waals surface area contributed by atoms with E-state index < -0.39 is 6.10 Å². The van der Waals surface area contributed by atoms with Gasteiger partial charge in [0.2, 0.25) is 0 Å². The molecule has 5 nitrogen and oxygen atoms in total. The smallest absolute Gasteiger partial charge is 0.260 e. The van der Waals surface area contributed by atoms with E-state index in [9.17, 15) is 9.59 Å². The van der Waals surface area contributed by atoms with Gasteiger partial charge in [-0.15, -0.1) is 0 Å². The number of Topliss-reactive ketones (excluding diaryl/α,β-unsaturated/α-hetero) is 1. The van der Waals surface area contributed by atoms with Crippen LogP contribution in [0.1, 0.15) is 42.6 Å². The predicted octanol–water partition coefficient (Wildman–Crippen LogP) is 4.17. The van der Waals surface area contributed by atoms with Gasteiger partial charge in [0.15, 0.2) is 11.9 Å². The summed E-state index contributed by atoms with van der Waals surface area (Å²) in [4.78, 5) is 24.2. The van der Waals surface area contributed by atoms with Gasteiger partial charge in [-0.1, -0.05) is 35.9 Å². The molecule has 2 aromatic carbocycles. The molecule has 6 heteroatoms. The second kappa shape index (κ2) is 9.42. The van der Waals surface area contributed by atoms with Crippen LogP contribution in [0.2, 0.25) is 5.02 Å². The van der Waals surface area contributed by atoms with Crippen molar-refractivity contribution in [3.8, 4) is 5.75 Å². The van der Waals surface area contributed by atoms with Gasteiger partial charge in [0.25, 0.3) is 5.91 Å². The lowest BCUT2D eigenvalue weighted by molar-refractivity contribution is -0.127. The van der Waals surface area contributed by atoms with Crippen molar-refractivity contribution in [3.05, 3.63) is 64.7 Å². The van der Waals surface area contributed by atoms with Crippen LogP contribution in [0.5, 0.6) is 5.75 Å². The number of carbonyl (C=O) groups excluding carboxylic acids is 2. The molecule has 0 radical (unpaired) electrons. The first-order valence-electron chi connectivity index (χ1n) is 9.79. The third kappa shape index (κ3) is 5.37. The van der Waals surface area contributed by atoms with Gasteiger partial charge in [-0.2, -0.15) is 0 Å². The topological polar surface area (TPSA) is 64.6 Å². The molecule has 154 valence electrons. The van der Waals surface area contributed by atoms with E-state index in [0.29, 0.717) is 36.1 Å². The molecule has 1 amide bonds. The molecule has 1 aliphatic rings. The van der Waals surface area contributed by atoms with E-state index in [0.717, 1.165) is 18.4 Å². The standard InChI is InChI=1S/C23H26ClNO4/c1-16(26)18-4-3-5-21(14-18)29-17(2)22(27)25-15-23(10-12-28-13-11-23)19-6-8-20(24)9-7-19/h3-9,14,17H,10-13,15H2,1-2H3,(H,25,27). The first kappa shape index (κ1) is 21.3. The largest absolute Gasteiger partial charge is 0.481 e. The number of rotatable bonds is 7. The minimum Gasteiger partial charge on any atom is -0.481 e. The highest BCUT2D eigenvalue weighted by molar-refractivity contribution is 6.30. The molecule has 0 bridgehead atoms. The molecule has 0 aliphatic carbocycles. The Hall–Kier alpha value is -2.37. The quantitative estimate of drug-likeness (QED) is 0.689. The molecule has 1 unspecified atom stereocenters. The number of halogens is 1. The van der Waals surface area contributed by atoms with Crippen molar-refractivity contribution >= 4 is 23.3 Å². The third-order valence-corrected chi connectivity index (χ3v) is 5.68. The van der Waals surface area contributed by atoms with Gasteiger partial charge in [0, 0.05) is 35.8 Å². The monoisotopic (exact) mass is 415 g/mol. The van der Waals surface area contributed by atoms with Crippen LogP contribution in [0.15, 0.2) is 48.5 Å².